The van der Waals surface area contributed by atoms with E-state index >= 15 is 0 Å². The summed E-state index contributed by atoms with van der Waals surface area (Å²) in [6, 6.07) is 1.70. The number of hydrogen-bond donors (Lipinski definition) is 2. The first-order valence-electron chi connectivity index (χ1n) is 3.69. The first kappa shape index (κ1) is 11.2. The Kier molecular flexibility index (Phi) is 4.96. The van der Waals surface area contributed by atoms with Crippen LogP contribution in [0.3, 0.4) is 0 Å². The molecule has 0 aromatic rings. The second-order valence-corrected chi connectivity index (χ2v) is 2.40. The van der Waals surface area contributed by atoms with Gasteiger partial charge in [-0.15, -0.1) is 0 Å². The highest BCUT2D eigenvalue weighted by Crippen LogP contribution is 1.93. The minimum atomic E-state index is -0.575. The summed E-state index contributed by atoms with van der Waals surface area (Å²) in [7, 11) is 0. The zero-order chi connectivity index (χ0) is 10.3. The van der Waals surface area contributed by atoms with Gasteiger partial charge in [-0.3, -0.25) is 9.59 Å². The number of primary amides is 1. The average molecular weight is 181 g/mol. The molecule has 0 aliphatic carbocycles. The number of hydrogen-bond acceptors (Lipinski definition) is 3. The van der Waals surface area contributed by atoms with E-state index in [4.69, 9.17) is 11.0 Å². The van der Waals surface area contributed by atoms with Crippen LogP contribution in [0.5, 0.6) is 0 Å². The van der Waals surface area contributed by atoms with Gasteiger partial charge in [0.2, 0.25) is 11.8 Å². The Balaban J connectivity index is 3.58. The van der Waals surface area contributed by atoms with Gasteiger partial charge in [0, 0.05) is 12.1 Å². The third kappa shape index (κ3) is 5.44. The Morgan fingerprint density at radius 1 is 1.54 bits per heavy atom. The zero-order valence-corrected chi connectivity index (χ0v) is 7.17. The van der Waals surface area contributed by atoms with Crippen molar-refractivity contribution in [2.45, 2.75) is 12.8 Å². The minimum absolute atomic E-state index is 0.178. The SMILES string of the molecule is C=C(CCNC(=O)CC#N)C(N)=O. The van der Waals surface area contributed by atoms with Crippen molar-refractivity contribution in [2.75, 3.05) is 6.54 Å². The molecule has 2 amide bonds. The molecule has 0 fully saturated rings. The first-order valence-corrected chi connectivity index (χ1v) is 3.69. The number of nitrogens with one attached hydrogen (secondary N) is 1. The van der Waals surface area contributed by atoms with Crippen molar-refractivity contribution >= 4 is 11.8 Å². The van der Waals surface area contributed by atoms with E-state index in [2.05, 4.69) is 11.9 Å². The topological polar surface area (TPSA) is 96.0 Å². The van der Waals surface area contributed by atoms with Gasteiger partial charge >= 0.3 is 0 Å². The molecular weight excluding hydrogens is 170 g/mol. The molecule has 5 nitrogen and oxygen atoms in total. The van der Waals surface area contributed by atoms with Crippen molar-refractivity contribution in [3.05, 3.63) is 12.2 Å². The molecular formula is C8H11N3O2. The molecule has 13 heavy (non-hydrogen) atoms. The number of carbonyl (C=O) groups excluding carboxylic acids is 2. The summed E-state index contributed by atoms with van der Waals surface area (Å²) >= 11 is 0. The Hall–Kier alpha value is -1.83. The van der Waals surface area contributed by atoms with E-state index in [1.807, 2.05) is 0 Å². The zero-order valence-electron chi connectivity index (χ0n) is 7.17. The molecule has 0 aliphatic rings. The summed E-state index contributed by atoms with van der Waals surface area (Å²) in [5.74, 6) is -0.936. The molecule has 3 N–H and O–H groups in total. The van der Waals surface area contributed by atoms with Gasteiger partial charge in [0.05, 0.1) is 6.07 Å². The number of rotatable bonds is 5. The van der Waals surface area contributed by atoms with E-state index in [9.17, 15) is 9.59 Å². The van der Waals surface area contributed by atoms with Crippen molar-refractivity contribution in [1.82, 2.24) is 5.32 Å². The van der Waals surface area contributed by atoms with E-state index in [1.165, 1.54) is 0 Å². The van der Waals surface area contributed by atoms with Crippen LogP contribution in [0.4, 0.5) is 0 Å². The molecule has 0 saturated heterocycles. The highest BCUT2D eigenvalue weighted by Gasteiger charge is 2.02. The van der Waals surface area contributed by atoms with Gasteiger partial charge in [0.25, 0.3) is 0 Å². The summed E-state index contributed by atoms with van der Waals surface area (Å²) in [5.41, 5.74) is 5.17. The Morgan fingerprint density at radius 2 is 2.15 bits per heavy atom. The Labute approximate surface area is 76.2 Å². The highest BCUT2D eigenvalue weighted by molar-refractivity contribution is 5.91. The summed E-state index contributed by atoms with van der Waals surface area (Å²) < 4.78 is 0. The molecule has 0 unspecified atom stereocenters. The maximum Gasteiger partial charge on any atom is 0.244 e. The third-order valence-corrected chi connectivity index (χ3v) is 1.34. The van der Waals surface area contributed by atoms with Crippen molar-refractivity contribution in [1.29, 1.82) is 5.26 Å². The molecule has 70 valence electrons. The maximum atomic E-state index is 10.7. The van der Waals surface area contributed by atoms with Crippen LogP contribution in [0.1, 0.15) is 12.8 Å². The smallest absolute Gasteiger partial charge is 0.244 e. The summed E-state index contributed by atoms with van der Waals surface area (Å²) in [4.78, 5) is 21.2. The number of nitrogens with two attached hydrogens (primary N) is 1. The fraction of sp³-hybridized carbons (Fsp3) is 0.375. The predicted octanol–water partition coefficient (Wildman–Crippen LogP) is -0.552. The summed E-state index contributed by atoms with van der Waals surface area (Å²) in [6.45, 7) is 3.69. The molecule has 0 saturated carbocycles. The van der Waals surface area contributed by atoms with Gasteiger partial charge in [0.1, 0.15) is 6.42 Å². The minimum Gasteiger partial charge on any atom is -0.366 e. The Bertz CT molecular complexity index is 265. The fourth-order valence-electron chi connectivity index (χ4n) is 0.610. The van der Waals surface area contributed by atoms with Crippen LogP contribution < -0.4 is 11.1 Å². The molecule has 0 spiro atoms. The molecule has 0 aromatic heterocycles. The second kappa shape index (κ2) is 5.77. The quantitative estimate of drug-likeness (QED) is 0.557. The van der Waals surface area contributed by atoms with E-state index in [1.54, 1.807) is 6.07 Å². The van der Waals surface area contributed by atoms with Crippen molar-refractivity contribution in [3.63, 3.8) is 0 Å². The molecule has 5 heteroatoms. The van der Waals surface area contributed by atoms with E-state index < -0.39 is 5.91 Å². The van der Waals surface area contributed by atoms with E-state index in [-0.39, 0.29) is 24.4 Å². The Morgan fingerprint density at radius 3 is 2.62 bits per heavy atom. The molecule has 0 rings (SSSR count). The highest BCUT2D eigenvalue weighted by atomic mass is 16.2. The fourth-order valence-corrected chi connectivity index (χ4v) is 0.610. The molecule has 0 heterocycles. The van der Waals surface area contributed by atoms with E-state index in [0.717, 1.165) is 0 Å². The van der Waals surface area contributed by atoms with Crippen LogP contribution in [0.15, 0.2) is 12.2 Å². The lowest BCUT2D eigenvalue weighted by Gasteiger charge is -2.02. The molecule has 0 radical (unpaired) electrons. The molecule has 0 bridgehead atoms. The van der Waals surface area contributed by atoms with Gasteiger partial charge in [-0.1, -0.05) is 6.58 Å². The number of amides is 2. The lowest BCUT2D eigenvalue weighted by molar-refractivity contribution is -0.120. The van der Waals surface area contributed by atoms with Gasteiger partial charge in [-0.2, -0.15) is 5.26 Å². The third-order valence-electron chi connectivity index (χ3n) is 1.34. The molecule has 0 aromatic carbocycles. The van der Waals surface area contributed by atoms with Gasteiger partial charge < -0.3 is 11.1 Å². The van der Waals surface area contributed by atoms with Gasteiger partial charge in [-0.25, -0.2) is 0 Å². The first-order chi connectivity index (χ1) is 6.07. The van der Waals surface area contributed by atoms with Crippen molar-refractivity contribution < 1.29 is 9.59 Å². The van der Waals surface area contributed by atoms with Crippen LogP contribution in [0.25, 0.3) is 0 Å². The van der Waals surface area contributed by atoms with Crippen LogP contribution in [-0.4, -0.2) is 18.4 Å². The van der Waals surface area contributed by atoms with Crippen LogP contribution in [0.2, 0.25) is 0 Å². The van der Waals surface area contributed by atoms with Crippen molar-refractivity contribution in [3.8, 4) is 6.07 Å². The lowest BCUT2D eigenvalue weighted by Crippen LogP contribution is -2.25. The van der Waals surface area contributed by atoms with Gasteiger partial charge in [0.15, 0.2) is 0 Å². The second-order valence-electron chi connectivity index (χ2n) is 2.40. The lowest BCUT2D eigenvalue weighted by atomic mass is 10.2. The van der Waals surface area contributed by atoms with Crippen LogP contribution in [-0.2, 0) is 9.59 Å². The monoisotopic (exact) mass is 181 g/mol. The maximum absolute atomic E-state index is 10.7. The number of nitrogens with zero attached hydrogens (tertiary/aromatic N) is 1. The average Bonchev–Trinajstić information content (AvgIpc) is 2.04. The summed E-state index contributed by atoms with van der Waals surface area (Å²) in [5, 5.41) is 10.6. The summed E-state index contributed by atoms with van der Waals surface area (Å²) in [6.07, 6.45) is 0.134. The van der Waals surface area contributed by atoms with Crippen LogP contribution >= 0.6 is 0 Å². The molecule has 0 aliphatic heterocycles. The predicted molar refractivity (Wildman–Crippen MR) is 46.2 cm³/mol. The van der Waals surface area contributed by atoms with Gasteiger partial charge in [-0.05, 0) is 6.42 Å². The van der Waals surface area contributed by atoms with E-state index in [0.29, 0.717) is 6.42 Å². The van der Waals surface area contributed by atoms with Crippen LogP contribution in [0, 0.1) is 11.3 Å². The standard InChI is InChI=1S/C8H11N3O2/c1-6(8(10)13)3-5-11-7(12)2-4-9/h1-3,5H2,(H2,10,13)(H,11,12). The number of carbonyl (C=O) groups is 2. The number of nitriles is 1. The largest absolute Gasteiger partial charge is 0.366 e. The van der Waals surface area contributed by atoms with Crippen molar-refractivity contribution in [2.24, 2.45) is 5.73 Å². The normalized spacial score (nSPS) is 8.54. The molecule has 0 atom stereocenters.